The second-order valence-electron chi connectivity index (χ2n) is 4.66. The summed E-state index contributed by atoms with van der Waals surface area (Å²) in [7, 11) is 0. The molecule has 0 spiro atoms. The molecule has 0 aliphatic carbocycles. The highest BCUT2D eigenvalue weighted by Gasteiger charge is 2.07. The second-order valence-corrected chi connectivity index (χ2v) is 4.66. The third kappa shape index (κ3) is 5.04. The highest BCUT2D eigenvalue weighted by molar-refractivity contribution is 5.29. The van der Waals surface area contributed by atoms with E-state index in [0.717, 1.165) is 25.7 Å². The van der Waals surface area contributed by atoms with E-state index < -0.39 is 0 Å². The van der Waals surface area contributed by atoms with Crippen LogP contribution < -0.4 is 11.3 Å². The standard InChI is InChI=1S/C15H22N2/c1-4-5-6-7-15(17-16)11-14-9-12(2)8-13(3)10-14/h1,8-10,15,17H,5-7,11,16H2,2-3H3. The predicted molar refractivity (Wildman–Crippen MR) is 73.4 cm³/mol. The van der Waals surface area contributed by atoms with Gasteiger partial charge in [-0.05, 0) is 38.7 Å². The summed E-state index contributed by atoms with van der Waals surface area (Å²) in [6.07, 6.45) is 9.08. The van der Waals surface area contributed by atoms with Gasteiger partial charge in [-0.2, -0.15) is 0 Å². The van der Waals surface area contributed by atoms with E-state index in [1.54, 1.807) is 0 Å². The molecule has 0 aliphatic rings. The Morgan fingerprint density at radius 1 is 1.29 bits per heavy atom. The van der Waals surface area contributed by atoms with Crippen molar-refractivity contribution in [3.63, 3.8) is 0 Å². The maximum absolute atomic E-state index is 5.58. The molecule has 17 heavy (non-hydrogen) atoms. The molecule has 1 atom stereocenters. The van der Waals surface area contributed by atoms with E-state index in [4.69, 9.17) is 12.3 Å². The smallest absolute Gasteiger partial charge is 0.0251 e. The maximum atomic E-state index is 5.58. The lowest BCUT2D eigenvalue weighted by Crippen LogP contribution is -2.36. The minimum Gasteiger partial charge on any atom is -0.271 e. The molecule has 0 bridgehead atoms. The van der Waals surface area contributed by atoms with Crippen molar-refractivity contribution in [2.75, 3.05) is 0 Å². The van der Waals surface area contributed by atoms with Crippen molar-refractivity contribution in [2.45, 2.75) is 45.6 Å². The van der Waals surface area contributed by atoms with E-state index in [0.29, 0.717) is 6.04 Å². The molecule has 0 aliphatic heterocycles. The van der Waals surface area contributed by atoms with E-state index in [2.05, 4.69) is 43.4 Å². The Morgan fingerprint density at radius 2 is 1.94 bits per heavy atom. The molecular weight excluding hydrogens is 208 g/mol. The molecule has 0 fully saturated rings. The van der Waals surface area contributed by atoms with Gasteiger partial charge in [0.15, 0.2) is 0 Å². The number of benzene rings is 1. The number of nitrogens with one attached hydrogen (secondary N) is 1. The van der Waals surface area contributed by atoms with Crippen molar-refractivity contribution >= 4 is 0 Å². The third-order valence-electron chi connectivity index (χ3n) is 2.87. The van der Waals surface area contributed by atoms with Gasteiger partial charge in [0.1, 0.15) is 0 Å². The molecule has 2 nitrogen and oxygen atoms in total. The zero-order chi connectivity index (χ0) is 12.7. The van der Waals surface area contributed by atoms with Crippen LogP contribution in [-0.4, -0.2) is 6.04 Å². The van der Waals surface area contributed by atoms with Crippen molar-refractivity contribution in [3.05, 3.63) is 34.9 Å². The van der Waals surface area contributed by atoms with Gasteiger partial charge in [-0.3, -0.25) is 11.3 Å². The van der Waals surface area contributed by atoms with Crippen LogP contribution in [0.1, 0.15) is 36.0 Å². The lowest BCUT2D eigenvalue weighted by atomic mass is 9.98. The minimum absolute atomic E-state index is 0.310. The summed E-state index contributed by atoms with van der Waals surface area (Å²) in [5.74, 6) is 8.24. The summed E-state index contributed by atoms with van der Waals surface area (Å²) < 4.78 is 0. The number of terminal acetylenes is 1. The van der Waals surface area contributed by atoms with Gasteiger partial charge in [-0.1, -0.05) is 29.3 Å². The van der Waals surface area contributed by atoms with E-state index in [-0.39, 0.29) is 0 Å². The van der Waals surface area contributed by atoms with E-state index >= 15 is 0 Å². The average Bonchev–Trinajstić information content (AvgIpc) is 2.26. The Bertz CT molecular complexity index is 370. The van der Waals surface area contributed by atoms with Gasteiger partial charge in [0, 0.05) is 12.5 Å². The van der Waals surface area contributed by atoms with E-state index in [1.165, 1.54) is 16.7 Å². The molecule has 0 radical (unpaired) electrons. The summed E-state index contributed by atoms with van der Waals surface area (Å²) in [5, 5.41) is 0. The molecule has 0 saturated carbocycles. The first-order valence-corrected chi connectivity index (χ1v) is 6.12. The maximum Gasteiger partial charge on any atom is 0.0251 e. The predicted octanol–water partition coefficient (Wildman–Crippen LogP) is 2.48. The molecular formula is C15H22N2. The van der Waals surface area contributed by atoms with Crippen LogP contribution in [0, 0.1) is 26.2 Å². The SMILES string of the molecule is C#CCCCC(Cc1cc(C)cc(C)c1)NN. The molecule has 92 valence electrons. The Morgan fingerprint density at radius 3 is 2.47 bits per heavy atom. The lowest BCUT2D eigenvalue weighted by molar-refractivity contribution is 0.479. The first kappa shape index (κ1) is 13.8. The van der Waals surface area contributed by atoms with E-state index in [9.17, 15) is 0 Å². The van der Waals surface area contributed by atoms with Gasteiger partial charge in [0.25, 0.3) is 0 Å². The molecule has 1 unspecified atom stereocenters. The number of hydrogen-bond donors (Lipinski definition) is 2. The quantitative estimate of drug-likeness (QED) is 0.341. The molecule has 1 aromatic rings. The molecule has 1 rings (SSSR count). The largest absolute Gasteiger partial charge is 0.271 e. The summed E-state index contributed by atoms with van der Waals surface area (Å²) in [6, 6.07) is 6.94. The van der Waals surface area contributed by atoms with Crippen LogP contribution in [0.15, 0.2) is 18.2 Å². The summed E-state index contributed by atoms with van der Waals surface area (Å²) in [4.78, 5) is 0. The fourth-order valence-corrected chi connectivity index (χ4v) is 2.17. The lowest BCUT2D eigenvalue weighted by Gasteiger charge is -2.16. The summed E-state index contributed by atoms with van der Waals surface area (Å²) in [6.45, 7) is 4.25. The molecule has 0 saturated heterocycles. The van der Waals surface area contributed by atoms with Gasteiger partial charge in [0.05, 0.1) is 0 Å². The van der Waals surface area contributed by atoms with E-state index in [1.807, 2.05) is 0 Å². The van der Waals surface area contributed by atoms with Gasteiger partial charge >= 0.3 is 0 Å². The van der Waals surface area contributed by atoms with Crippen LogP contribution in [0.3, 0.4) is 0 Å². The third-order valence-corrected chi connectivity index (χ3v) is 2.87. The van der Waals surface area contributed by atoms with Crippen LogP contribution in [0.5, 0.6) is 0 Å². The Labute approximate surface area is 105 Å². The Balaban J connectivity index is 2.57. The van der Waals surface area contributed by atoms with Gasteiger partial charge in [-0.25, -0.2) is 0 Å². The summed E-state index contributed by atoms with van der Waals surface area (Å²) in [5.41, 5.74) is 6.83. The highest BCUT2D eigenvalue weighted by atomic mass is 15.2. The monoisotopic (exact) mass is 230 g/mol. The van der Waals surface area contributed by atoms with Crippen molar-refractivity contribution in [1.29, 1.82) is 0 Å². The summed E-state index contributed by atoms with van der Waals surface area (Å²) >= 11 is 0. The first-order valence-electron chi connectivity index (χ1n) is 6.12. The minimum atomic E-state index is 0.310. The normalized spacial score (nSPS) is 12.1. The van der Waals surface area contributed by atoms with Crippen LogP contribution >= 0.6 is 0 Å². The molecule has 0 amide bonds. The van der Waals surface area contributed by atoms with Crippen molar-refractivity contribution in [2.24, 2.45) is 5.84 Å². The first-order chi connectivity index (χ1) is 8.15. The molecule has 0 aromatic heterocycles. The fourth-order valence-electron chi connectivity index (χ4n) is 2.17. The number of nitrogens with two attached hydrogens (primary N) is 1. The van der Waals surface area contributed by atoms with Gasteiger partial charge in [-0.15, -0.1) is 12.3 Å². The van der Waals surface area contributed by atoms with Crippen molar-refractivity contribution in [1.82, 2.24) is 5.43 Å². The second kappa shape index (κ2) is 7.11. The number of rotatable bonds is 6. The number of hydrogen-bond acceptors (Lipinski definition) is 2. The Kier molecular flexibility index (Phi) is 5.76. The molecule has 2 heteroatoms. The highest BCUT2D eigenvalue weighted by Crippen LogP contribution is 2.13. The average molecular weight is 230 g/mol. The van der Waals surface area contributed by atoms with Gasteiger partial charge < -0.3 is 0 Å². The topological polar surface area (TPSA) is 38.0 Å². The fraction of sp³-hybridized carbons (Fsp3) is 0.467. The molecule has 1 aromatic carbocycles. The van der Waals surface area contributed by atoms with Crippen LogP contribution in [0.25, 0.3) is 0 Å². The van der Waals surface area contributed by atoms with Crippen LogP contribution in [0.4, 0.5) is 0 Å². The molecule has 0 heterocycles. The van der Waals surface area contributed by atoms with Crippen molar-refractivity contribution < 1.29 is 0 Å². The Hall–Kier alpha value is -1.30. The number of hydrazine groups is 1. The van der Waals surface area contributed by atoms with Crippen molar-refractivity contribution in [3.8, 4) is 12.3 Å². The van der Waals surface area contributed by atoms with Crippen LogP contribution in [0.2, 0.25) is 0 Å². The number of aryl methyl sites for hydroxylation is 2. The van der Waals surface area contributed by atoms with Gasteiger partial charge in [0.2, 0.25) is 0 Å². The molecule has 3 N–H and O–H groups in total. The van der Waals surface area contributed by atoms with Crippen LogP contribution in [-0.2, 0) is 6.42 Å². The number of unbranched alkanes of at least 4 members (excludes halogenated alkanes) is 1. The zero-order valence-electron chi connectivity index (χ0n) is 10.8. The zero-order valence-corrected chi connectivity index (χ0v) is 10.8.